The number of carbonyl (C=O) groups is 1. The van der Waals surface area contributed by atoms with Gasteiger partial charge in [0.25, 0.3) is 0 Å². The molecule has 0 aliphatic carbocycles. The summed E-state index contributed by atoms with van der Waals surface area (Å²) in [6, 6.07) is 12.7. The van der Waals surface area contributed by atoms with Crippen LogP contribution in [0, 0.1) is 6.92 Å². The van der Waals surface area contributed by atoms with Crippen LogP contribution in [0.15, 0.2) is 42.6 Å². The molecule has 5 nitrogen and oxygen atoms in total. The largest absolute Gasteiger partial charge is 0.338 e. The van der Waals surface area contributed by atoms with Crippen molar-refractivity contribution in [2.45, 2.75) is 33.2 Å². The maximum absolute atomic E-state index is 11.8. The molecule has 0 bridgehead atoms. The van der Waals surface area contributed by atoms with E-state index in [1.807, 2.05) is 35.8 Å². The molecule has 1 aliphatic rings. The van der Waals surface area contributed by atoms with Gasteiger partial charge in [0.2, 0.25) is 5.91 Å². The minimum atomic E-state index is 0.131. The third-order valence-electron chi connectivity index (χ3n) is 5.34. The molecule has 27 heavy (non-hydrogen) atoms. The second-order valence-corrected chi connectivity index (χ2v) is 7.25. The number of aryl methyl sites for hydroxylation is 2. The van der Waals surface area contributed by atoms with E-state index in [2.05, 4.69) is 35.3 Å². The van der Waals surface area contributed by atoms with Crippen LogP contribution in [0.2, 0.25) is 0 Å². The van der Waals surface area contributed by atoms with E-state index in [4.69, 9.17) is 5.10 Å². The number of pyridine rings is 1. The molecule has 1 aliphatic heterocycles. The highest BCUT2D eigenvalue weighted by atomic mass is 16.2. The van der Waals surface area contributed by atoms with Gasteiger partial charge in [0, 0.05) is 68.6 Å². The van der Waals surface area contributed by atoms with Crippen LogP contribution in [0.5, 0.6) is 0 Å². The van der Waals surface area contributed by atoms with Crippen molar-refractivity contribution < 1.29 is 4.79 Å². The predicted molar refractivity (Wildman–Crippen MR) is 105 cm³/mol. The summed E-state index contributed by atoms with van der Waals surface area (Å²) in [7, 11) is 2.00. The third-order valence-corrected chi connectivity index (χ3v) is 5.34. The number of hydrogen-bond donors (Lipinski definition) is 0. The molecule has 2 aromatic heterocycles. The van der Waals surface area contributed by atoms with Gasteiger partial charge in [0.1, 0.15) is 0 Å². The predicted octanol–water partition coefficient (Wildman–Crippen LogP) is 3.29. The average molecular weight is 360 g/mol. The van der Waals surface area contributed by atoms with E-state index in [1.54, 1.807) is 6.92 Å². The first-order chi connectivity index (χ1) is 13.0. The van der Waals surface area contributed by atoms with Crippen molar-refractivity contribution in [2.24, 2.45) is 7.05 Å². The zero-order valence-corrected chi connectivity index (χ0v) is 16.1. The Morgan fingerprint density at radius 3 is 2.52 bits per heavy atom. The number of hydrogen-bond acceptors (Lipinski definition) is 3. The molecule has 0 atom stereocenters. The van der Waals surface area contributed by atoms with E-state index in [1.165, 1.54) is 16.8 Å². The summed E-state index contributed by atoms with van der Waals surface area (Å²) in [6.07, 6.45) is 3.56. The number of carbonyl (C=O) groups excluding carboxylic acids is 1. The molecule has 0 N–H and O–H groups in total. The average Bonchev–Trinajstić information content (AvgIpc) is 2.98. The monoisotopic (exact) mass is 360 g/mol. The molecule has 4 rings (SSSR count). The van der Waals surface area contributed by atoms with Crippen LogP contribution in [-0.4, -0.2) is 32.1 Å². The molecular weight excluding hydrogens is 336 g/mol. The van der Waals surface area contributed by atoms with Crippen LogP contribution in [0.25, 0.3) is 11.1 Å². The van der Waals surface area contributed by atoms with Gasteiger partial charge in [-0.05, 0) is 24.1 Å². The van der Waals surface area contributed by atoms with Crippen molar-refractivity contribution in [3.05, 3.63) is 70.8 Å². The molecule has 3 aromatic rings. The highest BCUT2D eigenvalue weighted by Gasteiger charge is 2.25. The summed E-state index contributed by atoms with van der Waals surface area (Å²) in [5.74, 6) is 0.131. The molecular formula is C22H24N4O. The molecule has 5 heteroatoms. The Hall–Kier alpha value is -2.95. The summed E-state index contributed by atoms with van der Waals surface area (Å²) in [6.45, 7) is 5.08. The third kappa shape index (κ3) is 3.50. The zero-order chi connectivity index (χ0) is 19.0. The summed E-state index contributed by atoms with van der Waals surface area (Å²) < 4.78 is 1.98. The molecule has 0 fully saturated rings. The zero-order valence-electron chi connectivity index (χ0n) is 16.1. The lowest BCUT2D eigenvalue weighted by molar-refractivity contribution is -0.129. The highest BCUT2D eigenvalue weighted by molar-refractivity contribution is 5.73. The van der Waals surface area contributed by atoms with Gasteiger partial charge in [-0.1, -0.05) is 30.3 Å². The van der Waals surface area contributed by atoms with Crippen LogP contribution >= 0.6 is 0 Å². The Morgan fingerprint density at radius 2 is 1.85 bits per heavy atom. The number of rotatable bonds is 3. The van der Waals surface area contributed by atoms with E-state index < -0.39 is 0 Å². The van der Waals surface area contributed by atoms with E-state index in [-0.39, 0.29) is 5.91 Å². The fraction of sp³-hybridized carbons (Fsp3) is 0.318. The molecule has 3 heterocycles. The van der Waals surface area contributed by atoms with Gasteiger partial charge in [-0.2, -0.15) is 5.10 Å². The number of benzene rings is 1. The first-order valence-corrected chi connectivity index (χ1v) is 9.32. The standard InChI is InChI=1S/C22H24N4O/c1-15-4-7-19(13-23-15)18-8-5-17(6-9-18)12-21-20-14-26(16(2)27)11-10-22(20)25(3)24-21/h4-9,13H,10-12,14H2,1-3H3. The summed E-state index contributed by atoms with van der Waals surface area (Å²) >= 11 is 0. The van der Waals surface area contributed by atoms with Gasteiger partial charge >= 0.3 is 0 Å². The van der Waals surface area contributed by atoms with Crippen molar-refractivity contribution in [3.8, 4) is 11.1 Å². The van der Waals surface area contributed by atoms with Gasteiger partial charge in [0.05, 0.1) is 5.69 Å². The Bertz CT molecular complexity index is 971. The van der Waals surface area contributed by atoms with Crippen LogP contribution in [0.3, 0.4) is 0 Å². The lowest BCUT2D eigenvalue weighted by atomic mass is 9.99. The normalized spacial score (nSPS) is 13.5. The summed E-state index contributed by atoms with van der Waals surface area (Å²) in [5.41, 5.74) is 8.07. The minimum absolute atomic E-state index is 0.131. The highest BCUT2D eigenvalue weighted by Crippen LogP contribution is 2.25. The van der Waals surface area contributed by atoms with Gasteiger partial charge in [0.15, 0.2) is 0 Å². The van der Waals surface area contributed by atoms with Gasteiger partial charge in [-0.3, -0.25) is 14.5 Å². The van der Waals surface area contributed by atoms with Crippen LogP contribution in [0.1, 0.15) is 35.1 Å². The maximum atomic E-state index is 11.8. The number of amides is 1. The Kier molecular flexibility index (Phi) is 4.52. The first kappa shape index (κ1) is 17.5. The molecule has 0 saturated heterocycles. The number of aromatic nitrogens is 3. The van der Waals surface area contributed by atoms with Crippen molar-refractivity contribution in [2.75, 3.05) is 6.54 Å². The lowest BCUT2D eigenvalue weighted by Crippen LogP contribution is -2.34. The van der Waals surface area contributed by atoms with Crippen molar-refractivity contribution in [1.82, 2.24) is 19.7 Å². The number of nitrogens with zero attached hydrogens (tertiary/aromatic N) is 4. The smallest absolute Gasteiger partial charge is 0.219 e. The molecule has 1 amide bonds. The van der Waals surface area contributed by atoms with E-state index in [9.17, 15) is 4.79 Å². The van der Waals surface area contributed by atoms with Gasteiger partial charge < -0.3 is 4.90 Å². The molecule has 138 valence electrons. The van der Waals surface area contributed by atoms with E-state index >= 15 is 0 Å². The second kappa shape index (κ2) is 6.99. The van der Waals surface area contributed by atoms with Crippen molar-refractivity contribution in [1.29, 1.82) is 0 Å². The summed E-state index contributed by atoms with van der Waals surface area (Å²) in [4.78, 5) is 18.0. The van der Waals surface area contributed by atoms with E-state index in [0.29, 0.717) is 6.54 Å². The fourth-order valence-electron chi connectivity index (χ4n) is 3.73. The maximum Gasteiger partial charge on any atom is 0.219 e. The summed E-state index contributed by atoms with van der Waals surface area (Å²) in [5, 5.41) is 4.74. The van der Waals surface area contributed by atoms with Crippen molar-refractivity contribution >= 4 is 5.91 Å². The SMILES string of the molecule is CC(=O)N1CCc2c(c(Cc3ccc(-c4ccc(C)nc4)cc3)nn2C)C1. The first-order valence-electron chi connectivity index (χ1n) is 9.32. The van der Waals surface area contributed by atoms with Crippen LogP contribution < -0.4 is 0 Å². The fourth-order valence-corrected chi connectivity index (χ4v) is 3.73. The van der Waals surface area contributed by atoms with Gasteiger partial charge in [-0.25, -0.2) is 0 Å². The second-order valence-electron chi connectivity index (χ2n) is 7.25. The molecule has 0 saturated carbocycles. The Labute approximate surface area is 159 Å². The van der Waals surface area contributed by atoms with Crippen LogP contribution in [0.4, 0.5) is 0 Å². The Morgan fingerprint density at radius 1 is 1.11 bits per heavy atom. The molecule has 0 unspecified atom stereocenters. The topological polar surface area (TPSA) is 51.0 Å². The minimum Gasteiger partial charge on any atom is -0.338 e. The quantitative estimate of drug-likeness (QED) is 0.720. The Balaban J connectivity index is 1.56. The number of fused-ring (bicyclic) bond motifs is 1. The van der Waals surface area contributed by atoms with E-state index in [0.717, 1.165) is 41.9 Å². The van der Waals surface area contributed by atoms with Crippen molar-refractivity contribution in [3.63, 3.8) is 0 Å². The molecule has 1 aromatic carbocycles. The molecule has 0 radical (unpaired) electrons. The van der Waals surface area contributed by atoms with Crippen LogP contribution in [-0.2, 0) is 31.2 Å². The molecule has 0 spiro atoms. The lowest BCUT2D eigenvalue weighted by Gasteiger charge is -2.26. The van der Waals surface area contributed by atoms with Gasteiger partial charge in [-0.15, -0.1) is 0 Å².